The Morgan fingerprint density at radius 1 is 0.314 bits per heavy atom. The van der Waals surface area contributed by atoms with Gasteiger partial charge in [-0.3, -0.25) is 0 Å². The monoisotopic (exact) mass is 666 g/mol. The van der Waals surface area contributed by atoms with Crippen LogP contribution in [0.2, 0.25) is 0 Å². The van der Waals surface area contributed by atoms with Gasteiger partial charge in [0, 0.05) is 42.7 Å². The van der Waals surface area contributed by atoms with E-state index in [0.717, 1.165) is 5.69 Å². The molecule has 238 valence electrons. The van der Waals surface area contributed by atoms with Gasteiger partial charge in [0.1, 0.15) is 0 Å². The van der Waals surface area contributed by atoms with Gasteiger partial charge < -0.3 is 9.13 Å². The zero-order chi connectivity index (χ0) is 33.5. The number of rotatable bonds is 4. The van der Waals surface area contributed by atoms with E-state index in [0.29, 0.717) is 0 Å². The van der Waals surface area contributed by atoms with Gasteiger partial charge in [-0.05, 0) is 70.8 Å². The van der Waals surface area contributed by atoms with Crippen LogP contribution in [-0.4, -0.2) is 9.13 Å². The lowest BCUT2D eigenvalue weighted by atomic mass is 10.00. The zero-order valence-corrected chi connectivity index (χ0v) is 28.4. The minimum absolute atomic E-state index is 1.15. The van der Waals surface area contributed by atoms with Crippen molar-refractivity contribution >= 4 is 75.1 Å². The average Bonchev–Trinajstić information content (AvgIpc) is 3.85. The molecule has 0 spiro atoms. The Hall–Kier alpha value is -6.42. The number of aromatic nitrogens is 2. The second-order valence-electron chi connectivity index (χ2n) is 13.3. The predicted octanol–water partition coefficient (Wildman–Crippen LogP) is 13.6. The van der Waals surface area contributed by atoms with Crippen LogP contribution < -0.4 is 0 Å². The van der Waals surface area contributed by atoms with Crippen molar-refractivity contribution in [2.45, 2.75) is 0 Å². The Labute approximate surface area is 298 Å². The maximum absolute atomic E-state index is 2.49. The summed E-state index contributed by atoms with van der Waals surface area (Å²) in [5.74, 6) is 0. The second kappa shape index (κ2) is 11.0. The van der Waals surface area contributed by atoms with Crippen LogP contribution in [0.5, 0.6) is 0 Å². The topological polar surface area (TPSA) is 9.86 Å². The van der Waals surface area contributed by atoms with Crippen LogP contribution in [0.25, 0.3) is 97.4 Å². The Balaban J connectivity index is 1.16. The summed E-state index contributed by atoms with van der Waals surface area (Å²) in [5.41, 5.74) is 12.1. The third kappa shape index (κ3) is 4.29. The first kappa shape index (κ1) is 28.4. The summed E-state index contributed by atoms with van der Waals surface area (Å²) in [6, 6.07) is 66.6. The van der Waals surface area contributed by atoms with Crippen LogP contribution >= 0.6 is 11.3 Å². The van der Waals surface area contributed by atoms with Crippen LogP contribution in [0.3, 0.4) is 0 Å². The molecule has 0 fully saturated rings. The molecular weight excluding hydrogens is 637 g/mol. The molecular formula is C48H30N2S. The molecule has 3 aromatic heterocycles. The molecule has 0 aliphatic rings. The number of benzene rings is 8. The van der Waals surface area contributed by atoms with Gasteiger partial charge in [-0.1, -0.05) is 133 Å². The normalized spacial score (nSPS) is 11.9. The summed E-state index contributed by atoms with van der Waals surface area (Å²) in [6.45, 7) is 0. The molecule has 8 aromatic carbocycles. The molecule has 0 atom stereocenters. The van der Waals surface area contributed by atoms with E-state index in [-0.39, 0.29) is 0 Å². The Kier molecular flexibility index (Phi) is 6.16. The van der Waals surface area contributed by atoms with Crippen LogP contribution in [-0.2, 0) is 0 Å². The van der Waals surface area contributed by atoms with Gasteiger partial charge in [0.05, 0.1) is 32.5 Å². The first-order chi connectivity index (χ1) is 25.3. The van der Waals surface area contributed by atoms with Crippen molar-refractivity contribution in [2.24, 2.45) is 0 Å². The van der Waals surface area contributed by atoms with Gasteiger partial charge in [0.25, 0.3) is 0 Å². The Morgan fingerprint density at radius 2 is 0.863 bits per heavy atom. The number of nitrogens with zero attached hydrogens (tertiary/aromatic N) is 2. The molecule has 0 unspecified atom stereocenters. The second-order valence-corrected chi connectivity index (χ2v) is 14.4. The van der Waals surface area contributed by atoms with E-state index in [4.69, 9.17) is 0 Å². The van der Waals surface area contributed by atoms with Gasteiger partial charge in [-0.25, -0.2) is 0 Å². The van der Waals surface area contributed by atoms with Crippen molar-refractivity contribution in [1.29, 1.82) is 0 Å². The molecule has 0 bridgehead atoms. The van der Waals surface area contributed by atoms with E-state index in [9.17, 15) is 0 Å². The van der Waals surface area contributed by atoms with Crippen molar-refractivity contribution in [2.75, 3.05) is 0 Å². The van der Waals surface area contributed by atoms with Crippen molar-refractivity contribution in [3.05, 3.63) is 182 Å². The molecule has 0 saturated heterocycles. The fourth-order valence-corrected chi connectivity index (χ4v) is 9.39. The van der Waals surface area contributed by atoms with Crippen molar-refractivity contribution in [3.63, 3.8) is 0 Å². The van der Waals surface area contributed by atoms with E-state index < -0.39 is 0 Å². The molecule has 0 aliphatic heterocycles. The van der Waals surface area contributed by atoms with E-state index in [1.165, 1.54) is 91.7 Å². The minimum atomic E-state index is 1.15. The van der Waals surface area contributed by atoms with Crippen molar-refractivity contribution < 1.29 is 0 Å². The highest BCUT2D eigenvalue weighted by Crippen LogP contribution is 2.43. The summed E-state index contributed by atoms with van der Waals surface area (Å²) in [6.07, 6.45) is 0. The maximum atomic E-state index is 2.49. The van der Waals surface area contributed by atoms with Crippen molar-refractivity contribution in [3.8, 4) is 33.6 Å². The molecule has 11 aromatic rings. The lowest BCUT2D eigenvalue weighted by Gasteiger charge is -2.12. The molecule has 0 aliphatic carbocycles. The van der Waals surface area contributed by atoms with E-state index in [1.54, 1.807) is 0 Å². The number of hydrogen-bond acceptors (Lipinski definition) is 1. The Bertz CT molecular complexity index is 3120. The van der Waals surface area contributed by atoms with Crippen LogP contribution in [0.1, 0.15) is 0 Å². The summed E-state index contributed by atoms with van der Waals surface area (Å²) in [4.78, 5) is 0. The van der Waals surface area contributed by atoms with E-state index >= 15 is 0 Å². The quantitative estimate of drug-likeness (QED) is 0.177. The standard InChI is InChI=1S/C48H30N2S/c1-2-12-31(13-3-1)32-24-26-33(27-25-32)34-14-10-15-35(28-34)49-42-20-7-4-16-36(42)40-29-41-37-17-5-8-21-43(37)50(46(41)30-45(40)49)44-22-11-19-39-38-18-6-9-23-47(38)51-48(39)44/h1-30H. The molecule has 0 amide bonds. The summed E-state index contributed by atoms with van der Waals surface area (Å²) in [7, 11) is 0. The SMILES string of the molecule is c1ccc(-c2ccc(-c3cccc(-n4c5ccccc5c5cc6c7ccccc7n(-c7cccc8c7sc7ccccc78)c6cc54)c3)cc2)cc1. The van der Waals surface area contributed by atoms with Gasteiger partial charge in [0.15, 0.2) is 0 Å². The highest BCUT2D eigenvalue weighted by Gasteiger charge is 2.20. The first-order valence-corrected chi connectivity index (χ1v) is 18.3. The number of thiophene rings is 1. The fraction of sp³-hybridized carbons (Fsp3) is 0. The molecule has 51 heavy (non-hydrogen) atoms. The summed E-state index contributed by atoms with van der Waals surface area (Å²) < 4.78 is 7.58. The summed E-state index contributed by atoms with van der Waals surface area (Å²) >= 11 is 1.88. The van der Waals surface area contributed by atoms with E-state index in [1.807, 2.05) is 11.3 Å². The highest BCUT2D eigenvalue weighted by molar-refractivity contribution is 7.26. The van der Waals surface area contributed by atoms with Gasteiger partial charge >= 0.3 is 0 Å². The zero-order valence-electron chi connectivity index (χ0n) is 27.6. The number of para-hydroxylation sites is 2. The third-order valence-electron chi connectivity index (χ3n) is 10.5. The minimum Gasteiger partial charge on any atom is -0.309 e. The van der Waals surface area contributed by atoms with Crippen LogP contribution in [0.4, 0.5) is 0 Å². The molecule has 3 heterocycles. The molecule has 3 heteroatoms. The lowest BCUT2D eigenvalue weighted by Crippen LogP contribution is -1.96. The smallest absolute Gasteiger partial charge is 0.0640 e. The largest absolute Gasteiger partial charge is 0.309 e. The van der Waals surface area contributed by atoms with Gasteiger partial charge in [-0.2, -0.15) is 0 Å². The number of fused-ring (bicyclic) bond motifs is 9. The van der Waals surface area contributed by atoms with Crippen molar-refractivity contribution in [1.82, 2.24) is 9.13 Å². The predicted molar refractivity (Wildman–Crippen MR) is 219 cm³/mol. The fourth-order valence-electron chi connectivity index (χ4n) is 8.19. The molecule has 0 radical (unpaired) electrons. The summed E-state index contributed by atoms with van der Waals surface area (Å²) in [5, 5.41) is 7.69. The maximum Gasteiger partial charge on any atom is 0.0640 e. The Morgan fingerprint density at radius 3 is 1.63 bits per heavy atom. The highest BCUT2D eigenvalue weighted by atomic mass is 32.1. The van der Waals surface area contributed by atoms with E-state index in [2.05, 4.69) is 191 Å². The van der Waals surface area contributed by atoms with Gasteiger partial charge in [-0.15, -0.1) is 11.3 Å². The van der Waals surface area contributed by atoms with Crippen LogP contribution in [0.15, 0.2) is 182 Å². The third-order valence-corrected chi connectivity index (χ3v) is 11.7. The molecule has 0 saturated carbocycles. The van der Waals surface area contributed by atoms with Gasteiger partial charge in [0.2, 0.25) is 0 Å². The molecule has 2 nitrogen and oxygen atoms in total. The molecule has 0 N–H and O–H groups in total. The average molecular weight is 667 g/mol. The van der Waals surface area contributed by atoms with Crippen LogP contribution in [0, 0.1) is 0 Å². The molecule has 11 rings (SSSR count). The first-order valence-electron chi connectivity index (χ1n) is 17.4. The lowest BCUT2D eigenvalue weighted by molar-refractivity contribution is 1.17. The number of hydrogen-bond donors (Lipinski definition) is 0.